The fraction of sp³-hybridized carbons (Fsp3) is 0.0625. The van der Waals surface area contributed by atoms with Crippen LogP contribution in [0.4, 0.5) is 0 Å². The SMILES string of the molecule is Cc1cccc(-c2cccc(/C=C/C#N)c2)c1. The first-order chi connectivity index (χ1) is 8.29. The smallest absolute Gasteiger partial charge is 0.0912 e. The number of nitriles is 1. The molecule has 0 aliphatic heterocycles. The summed E-state index contributed by atoms with van der Waals surface area (Å²) in [6.07, 6.45) is 3.31. The van der Waals surface area contributed by atoms with Crippen LogP contribution in [-0.4, -0.2) is 0 Å². The Balaban J connectivity index is 2.40. The van der Waals surface area contributed by atoms with Crippen LogP contribution in [0.3, 0.4) is 0 Å². The topological polar surface area (TPSA) is 23.8 Å². The van der Waals surface area contributed by atoms with Gasteiger partial charge < -0.3 is 0 Å². The molecular weight excluding hydrogens is 206 g/mol. The van der Waals surface area contributed by atoms with Crippen molar-refractivity contribution in [2.45, 2.75) is 6.92 Å². The molecule has 17 heavy (non-hydrogen) atoms. The number of nitrogens with zero attached hydrogens (tertiary/aromatic N) is 1. The molecule has 0 aliphatic rings. The van der Waals surface area contributed by atoms with Gasteiger partial charge in [0.05, 0.1) is 6.07 Å². The van der Waals surface area contributed by atoms with Crippen LogP contribution < -0.4 is 0 Å². The van der Waals surface area contributed by atoms with E-state index in [9.17, 15) is 0 Å². The summed E-state index contributed by atoms with van der Waals surface area (Å²) >= 11 is 0. The Hall–Kier alpha value is -2.33. The number of rotatable bonds is 2. The van der Waals surface area contributed by atoms with Crippen molar-refractivity contribution >= 4 is 6.08 Å². The van der Waals surface area contributed by atoms with Crippen LogP contribution in [-0.2, 0) is 0 Å². The minimum Gasteiger partial charge on any atom is -0.193 e. The Morgan fingerprint density at radius 1 is 1.00 bits per heavy atom. The second-order valence-electron chi connectivity index (χ2n) is 3.96. The number of benzene rings is 2. The third-order valence-electron chi connectivity index (χ3n) is 2.59. The van der Waals surface area contributed by atoms with E-state index in [0.29, 0.717) is 0 Å². The third-order valence-corrected chi connectivity index (χ3v) is 2.59. The summed E-state index contributed by atoms with van der Waals surface area (Å²) < 4.78 is 0. The molecule has 0 atom stereocenters. The predicted molar refractivity (Wildman–Crippen MR) is 71.3 cm³/mol. The molecule has 2 rings (SSSR count). The molecule has 2 aromatic rings. The molecule has 0 saturated heterocycles. The Kier molecular flexibility index (Phi) is 3.37. The second-order valence-corrected chi connectivity index (χ2v) is 3.96. The Morgan fingerprint density at radius 2 is 1.71 bits per heavy atom. The summed E-state index contributed by atoms with van der Waals surface area (Å²) in [5.74, 6) is 0. The van der Waals surface area contributed by atoms with Crippen LogP contribution in [0.25, 0.3) is 17.2 Å². The van der Waals surface area contributed by atoms with Crippen molar-refractivity contribution in [3.05, 3.63) is 65.7 Å². The number of aryl methyl sites for hydroxylation is 1. The lowest BCUT2D eigenvalue weighted by Crippen LogP contribution is -1.80. The van der Waals surface area contributed by atoms with Gasteiger partial charge in [-0.3, -0.25) is 0 Å². The van der Waals surface area contributed by atoms with Gasteiger partial charge in [-0.05, 0) is 35.8 Å². The van der Waals surface area contributed by atoms with Crippen LogP contribution in [0.2, 0.25) is 0 Å². The van der Waals surface area contributed by atoms with Gasteiger partial charge in [0.15, 0.2) is 0 Å². The normalized spacial score (nSPS) is 10.4. The Labute approximate surface area is 102 Å². The molecule has 0 fully saturated rings. The Bertz CT molecular complexity index is 588. The maximum Gasteiger partial charge on any atom is 0.0912 e. The minimum absolute atomic E-state index is 1.05. The highest BCUT2D eigenvalue weighted by atomic mass is 14.2. The van der Waals surface area contributed by atoms with Gasteiger partial charge >= 0.3 is 0 Å². The van der Waals surface area contributed by atoms with Gasteiger partial charge in [-0.2, -0.15) is 5.26 Å². The molecule has 0 amide bonds. The zero-order valence-corrected chi connectivity index (χ0v) is 9.72. The molecule has 0 N–H and O–H groups in total. The lowest BCUT2D eigenvalue weighted by atomic mass is 10.0. The highest BCUT2D eigenvalue weighted by Gasteiger charge is 1.97. The third kappa shape index (κ3) is 2.83. The van der Waals surface area contributed by atoms with Crippen molar-refractivity contribution in [2.24, 2.45) is 0 Å². The monoisotopic (exact) mass is 219 g/mol. The largest absolute Gasteiger partial charge is 0.193 e. The van der Waals surface area contributed by atoms with Crippen LogP contribution in [0.5, 0.6) is 0 Å². The zero-order valence-electron chi connectivity index (χ0n) is 9.72. The van der Waals surface area contributed by atoms with Crippen molar-refractivity contribution in [2.75, 3.05) is 0 Å². The van der Waals surface area contributed by atoms with Crippen molar-refractivity contribution in [3.63, 3.8) is 0 Å². The lowest BCUT2D eigenvalue weighted by Gasteiger charge is -2.04. The fourth-order valence-electron chi connectivity index (χ4n) is 1.78. The number of hydrogen-bond donors (Lipinski definition) is 0. The van der Waals surface area contributed by atoms with Crippen LogP contribution >= 0.6 is 0 Å². The summed E-state index contributed by atoms with van der Waals surface area (Å²) in [6.45, 7) is 2.09. The molecule has 0 unspecified atom stereocenters. The van der Waals surface area contributed by atoms with Crippen molar-refractivity contribution < 1.29 is 0 Å². The molecule has 2 aromatic carbocycles. The first-order valence-corrected chi connectivity index (χ1v) is 5.53. The summed E-state index contributed by atoms with van der Waals surface area (Å²) in [7, 11) is 0. The first-order valence-electron chi connectivity index (χ1n) is 5.53. The zero-order chi connectivity index (χ0) is 12.1. The molecule has 0 heterocycles. The summed E-state index contributed by atoms with van der Waals surface area (Å²) in [5.41, 5.74) is 4.68. The number of hydrogen-bond acceptors (Lipinski definition) is 1. The van der Waals surface area contributed by atoms with Gasteiger partial charge in [0.2, 0.25) is 0 Å². The van der Waals surface area contributed by atoms with E-state index in [1.54, 1.807) is 0 Å². The standard InChI is InChI=1S/C16H13N/c1-13-5-2-8-15(11-13)16-9-3-6-14(12-16)7-4-10-17/h2-9,11-12H,1H3/b7-4+. The molecular formula is C16H13N. The molecule has 0 spiro atoms. The molecule has 0 aliphatic carbocycles. The van der Waals surface area contributed by atoms with E-state index in [-0.39, 0.29) is 0 Å². The van der Waals surface area contributed by atoms with E-state index < -0.39 is 0 Å². The van der Waals surface area contributed by atoms with Gasteiger partial charge in [0.1, 0.15) is 0 Å². The van der Waals surface area contributed by atoms with Gasteiger partial charge in [0, 0.05) is 6.08 Å². The van der Waals surface area contributed by atoms with Crippen molar-refractivity contribution in [1.82, 2.24) is 0 Å². The van der Waals surface area contributed by atoms with E-state index in [1.807, 2.05) is 24.3 Å². The molecule has 82 valence electrons. The molecule has 1 heteroatoms. The lowest BCUT2D eigenvalue weighted by molar-refractivity contribution is 1.46. The minimum atomic E-state index is 1.05. The van der Waals surface area contributed by atoms with Crippen molar-refractivity contribution in [1.29, 1.82) is 5.26 Å². The van der Waals surface area contributed by atoms with Gasteiger partial charge in [0.25, 0.3) is 0 Å². The maximum absolute atomic E-state index is 8.51. The van der Waals surface area contributed by atoms with E-state index in [2.05, 4.69) is 43.3 Å². The summed E-state index contributed by atoms with van der Waals surface area (Å²) in [5, 5.41) is 8.51. The average molecular weight is 219 g/mol. The summed E-state index contributed by atoms with van der Waals surface area (Å²) in [6, 6.07) is 18.6. The van der Waals surface area contributed by atoms with Crippen molar-refractivity contribution in [3.8, 4) is 17.2 Å². The fourth-order valence-corrected chi connectivity index (χ4v) is 1.78. The molecule has 0 saturated carbocycles. The molecule has 1 nitrogen and oxygen atoms in total. The summed E-state index contributed by atoms with van der Waals surface area (Å²) in [4.78, 5) is 0. The van der Waals surface area contributed by atoms with E-state index in [1.165, 1.54) is 22.8 Å². The molecule has 0 aromatic heterocycles. The first kappa shape index (κ1) is 11.2. The van der Waals surface area contributed by atoms with Crippen LogP contribution in [0.1, 0.15) is 11.1 Å². The molecule has 0 radical (unpaired) electrons. The highest BCUT2D eigenvalue weighted by Crippen LogP contribution is 2.21. The van der Waals surface area contributed by atoms with Crippen LogP contribution in [0.15, 0.2) is 54.6 Å². The number of allylic oxidation sites excluding steroid dienone is 1. The van der Waals surface area contributed by atoms with Gasteiger partial charge in [-0.25, -0.2) is 0 Å². The van der Waals surface area contributed by atoms with Gasteiger partial charge in [-0.1, -0.05) is 48.0 Å². The Morgan fingerprint density at radius 3 is 2.41 bits per heavy atom. The van der Waals surface area contributed by atoms with E-state index in [4.69, 9.17) is 5.26 Å². The predicted octanol–water partition coefficient (Wildman–Crippen LogP) is 4.20. The average Bonchev–Trinajstić information content (AvgIpc) is 2.37. The molecule has 0 bridgehead atoms. The van der Waals surface area contributed by atoms with Gasteiger partial charge in [-0.15, -0.1) is 0 Å². The quantitative estimate of drug-likeness (QED) is 0.694. The van der Waals surface area contributed by atoms with E-state index >= 15 is 0 Å². The van der Waals surface area contributed by atoms with E-state index in [0.717, 1.165) is 5.56 Å². The second kappa shape index (κ2) is 5.14. The maximum atomic E-state index is 8.51. The van der Waals surface area contributed by atoms with Crippen LogP contribution in [0, 0.1) is 18.3 Å². The highest BCUT2D eigenvalue weighted by molar-refractivity contribution is 5.68.